The van der Waals surface area contributed by atoms with E-state index in [0.29, 0.717) is 45.2 Å². The number of thiophene rings is 1. The number of fused-ring (bicyclic) bond motifs is 4. The summed E-state index contributed by atoms with van der Waals surface area (Å²) in [7, 11) is 0. The number of aromatic amines is 1. The van der Waals surface area contributed by atoms with Gasteiger partial charge in [0, 0.05) is 17.1 Å². The third-order valence-electron chi connectivity index (χ3n) is 8.41. The summed E-state index contributed by atoms with van der Waals surface area (Å²) in [6, 6.07) is 3.82. The summed E-state index contributed by atoms with van der Waals surface area (Å²) in [6.07, 6.45) is 7.95. The van der Waals surface area contributed by atoms with Gasteiger partial charge in [0.25, 0.3) is 0 Å². The second-order valence-electron chi connectivity index (χ2n) is 12.3. The maximum absolute atomic E-state index is 16.3. The molecule has 0 saturated heterocycles. The van der Waals surface area contributed by atoms with E-state index < -0.39 is 11.2 Å². The summed E-state index contributed by atoms with van der Waals surface area (Å²) in [6.45, 7) is 7.67. The number of esters is 1. The van der Waals surface area contributed by atoms with Crippen LogP contribution in [0, 0.1) is 29.0 Å². The van der Waals surface area contributed by atoms with E-state index in [9.17, 15) is 4.79 Å². The number of rotatable bonds is 8. The summed E-state index contributed by atoms with van der Waals surface area (Å²) in [5.74, 6) is 1.23. The van der Waals surface area contributed by atoms with Gasteiger partial charge in [-0.3, -0.25) is 4.79 Å². The van der Waals surface area contributed by atoms with Gasteiger partial charge in [-0.1, -0.05) is 18.5 Å². The third kappa shape index (κ3) is 5.74. The van der Waals surface area contributed by atoms with Gasteiger partial charge in [-0.25, -0.2) is 24.3 Å². The maximum atomic E-state index is 16.3. The quantitative estimate of drug-likeness (QED) is 0.122. The number of H-pyrrole nitrogens is 1. The smallest absolute Gasteiger partial charge is 0.313 e. The van der Waals surface area contributed by atoms with Crippen LogP contribution in [0.2, 0.25) is 5.15 Å². The molecule has 9 nitrogen and oxygen atoms in total. The Balaban J connectivity index is 1.31. The van der Waals surface area contributed by atoms with E-state index >= 15 is 4.39 Å². The average Bonchev–Trinajstić information content (AvgIpc) is 3.60. The number of hydrogen-bond donors (Lipinski definition) is 2. The van der Waals surface area contributed by atoms with E-state index in [4.69, 9.17) is 26.1 Å². The fourth-order valence-corrected chi connectivity index (χ4v) is 7.13. The Labute approximate surface area is 252 Å². The van der Waals surface area contributed by atoms with Crippen LogP contribution in [0.5, 0.6) is 0 Å². The van der Waals surface area contributed by atoms with Crippen LogP contribution in [0.4, 0.5) is 10.2 Å². The number of halogens is 2. The maximum Gasteiger partial charge on any atom is 0.313 e. The van der Waals surface area contributed by atoms with Gasteiger partial charge < -0.3 is 19.8 Å². The topological polar surface area (TPSA) is 115 Å². The van der Waals surface area contributed by atoms with Crippen LogP contribution in [0.1, 0.15) is 58.3 Å². The predicted molar refractivity (Wildman–Crippen MR) is 160 cm³/mol. The van der Waals surface area contributed by atoms with Gasteiger partial charge in [0.15, 0.2) is 29.9 Å². The van der Waals surface area contributed by atoms with E-state index in [1.54, 1.807) is 27.0 Å². The highest BCUT2D eigenvalue weighted by Gasteiger charge is 2.42. The summed E-state index contributed by atoms with van der Waals surface area (Å²) in [5, 5.41) is 3.75. The zero-order valence-corrected chi connectivity index (χ0v) is 25.6. The van der Waals surface area contributed by atoms with Crippen molar-refractivity contribution in [3.8, 4) is 22.0 Å². The van der Waals surface area contributed by atoms with E-state index in [2.05, 4.69) is 32.2 Å². The molecule has 0 amide bonds. The Morgan fingerprint density at radius 3 is 2.67 bits per heavy atom. The van der Waals surface area contributed by atoms with Gasteiger partial charge in [0.1, 0.15) is 16.4 Å². The Morgan fingerprint density at radius 2 is 1.93 bits per heavy atom. The van der Waals surface area contributed by atoms with Crippen molar-refractivity contribution in [3.05, 3.63) is 40.4 Å². The van der Waals surface area contributed by atoms with Crippen molar-refractivity contribution in [2.75, 3.05) is 12.1 Å². The number of carbonyl (C=O) groups is 1. The van der Waals surface area contributed by atoms with Crippen LogP contribution in [-0.2, 0) is 20.9 Å². The van der Waals surface area contributed by atoms with Crippen molar-refractivity contribution >= 4 is 45.9 Å². The number of nitrogens with zero attached hydrogens (tertiary/aromatic N) is 4. The summed E-state index contributed by atoms with van der Waals surface area (Å²) in [5.41, 5.74) is 1.23. The fourth-order valence-electron chi connectivity index (χ4n) is 6.06. The van der Waals surface area contributed by atoms with Crippen LogP contribution in [0.25, 0.3) is 33.1 Å². The molecule has 3 aliphatic carbocycles. The Kier molecular flexibility index (Phi) is 7.93. The van der Waals surface area contributed by atoms with Gasteiger partial charge in [-0.05, 0) is 76.3 Å². The molecule has 2 atom stereocenters. The highest BCUT2D eigenvalue weighted by molar-refractivity contribution is 7.15. The molecule has 4 aromatic heterocycles. The molecule has 42 heavy (non-hydrogen) atoms. The molecule has 0 aromatic carbocycles. The molecule has 4 heterocycles. The van der Waals surface area contributed by atoms with Gasteiger partial charge in [-0.15, -0.1) is 11.3 Å². The molecule has 2 bridgehead atoms. The normalized spacial score (nSPS) is 22.0. The second kappa shape index (κ2) is 11.5. The SMILES string of the molecule is C[C@H]1C2CCC(CC2)[C@@H]1Nc1nc(-c2c[nH]c3ncc(Cl)nc23)nc(-c2ccc(COCOC(=O)C(C)(C)C)s2)c1F. The van der Waals surface area contributed by atoms with Crippen molar-refractivity contribution in [2.24, 2.45) is 23.2 Å². The van der Waals surface area contributed by atoms with Gasteiger partial charge in [0.05, 0.1) is 28.7 Å². The van der Waals surface area contributed by atoms with E-state index in [-0.39, 0.29) is 42.1 Å². The van der Waals surface area contributed by atoms with Crippen molar-refractivity contribution in [3.63, 3.8) is 0 Å². The number of carbonyl (C=O) groups excluding carboxylic acids is 1. The molecule has 4 aromatic rings. The minimum Gasteiger partial charge on any atom is -0.438 e. The van der Waals surface area contributed by atoms with Gasteiger partial charge in [0.2, 0.25) is 0 Å². The van der Waals surface area contributed by atoms with Crippen molar-refractivity contribution in [2.45, 2.75) is 66.0 Å². The monoisotopic (exact) mass is 612 g/mol. The van der Waals surface area contributed by atoms with Crippen LogP contribution >= 0.6 is 22.9 Å². The Bertz CT molecular complexity index is 1610. The number of anilines is 1. The molecule has 0 radical (unpaired) electrons. The molecule has 2 N–H and O–H groups in total. The average molecular weight is 613 g/mol. The zero-order chi connectivity index (χ0) is 29.6. The van der Waals surface area contributed by atoms with Crippen molar-refractivity contribution in [1.29, 1.82) is 0 Å². The number of aromatic nitrogens is 5. The lowest BCUT2D eigenvalue weighted by molar-refractivity contribution is -0.166. The lowest BCUT2D eigenvalue weighted by Crippen LogP contribution is -2.47. The van der Waals surface area contributed by atoms with Crippen molar-refractivity contribution in [1.82, 2.24) is 24.9 Å². The van der Waals surface area contributed by atoms with Gasteiger partial charge >= 0.3 is 5.97 Å². The molecule has 222 valence electrons. The highest BCUT2D eigenvalue weighted by atomic mass is 35.5. The van der Waals surface area contributed by atoms with Crippen molar-refractivity contribution < 1.29 is 18.7 Å². The molecule has 3 saturated carbocycles. The minimum absolute atomic E-state index is 0.142. The first kappa shape index (κ1) is 28.9. The molecule has 0 aliphatic heterocycles. The zero-order valence-electron chi connectivity index (χ0n) is 24.0. The lowest BCUT2D eigenvalue weighted by atomic mass is 9.62. The van der Waals surface area contributed by atoms with E-state index in [0.717, 1.165) is 17.7 Å². The molecule has 0 unspecified atom stereocenters. The first-order valence-electron chi connectivity index (χ1n) is 14.3. The molecule has 7 rings (SSSR count). The van der Waals surface area contributed by atoms with Crippen LogP contribution < -0.4 is 5.32 Å². The van der Waals surface area contributed by atoms with Crippen LogP contribution in [0.15, 0.2) is 24.5 Å². The summed E-state index contributed by atoms with van der Waals surface area (Å²) < 4.78 is 27.0. The van der Waals surface area contributed by atoms with Crippen LogP contribution in [0.3, 0.4) is 0 Å². The number of nitrogens with one attached hydrogen (secondary N) is 2. The molecular formula is C30H34ClFN6O3S. The Morgan fingerprint density at radius 1 is 1.17 bits per heavy atom. The first-order chi connectivity index (χ1) is 20.1. The molecular weight excluding hydrogens is 579 g/mol. The molecule has 12 heteroatoms. The Hall–Kier alpha value is -3.15. The molecule has 3 aliphatic rings. The first-order valence-corrected chi connectivity index (χ1v) is 15.5. The fraction of sp³-hybridized carbons (Fsp3) is 0.500. The second-order valence-corrected chi connectivity index (χ2v) is 13.8. The number of ether oxygens (including phenoxy) is 2. The summed E-state index contributed by atoms with van der Waals surface area (Å²) in [4.78, 5) is 34.7. The number of hydrogen-bond acceptors (Lipinski definition) is 9. The highest BCUT2D eigenvalue weighted by Crippen LogP contribution is 2.46. The standard InChI is InChI=1S/C30H34ClFN6O3S/c1-15-16-5-7-17(8-6-16)23(15)36-27-22(32)25(20-10-9-18(42-20)13-40-14-41-29(39)30(2,3)4)37-26(38-27)19-11-33-28-24(19)35-21(31)12-34-28/h9-12,15-17,23H,5-8,13-14H2,1-4H3,(H,33,34)(H,36,37,38)/t15-,16?,17?,23+/m0/s1. The summed E-state index contributed by atoms with van der Waals surface area (Å²) >= 11 is 7.52. The molecule has 0 spiro atoms. The largest absolute Gasteiger partial charge is 0.438 e. The van der Waals surface area contributed by atoms with Crippen LogP contribution in [-0.4, -0.2) is 43.7 Å². The lowest BCUT2D eigenvalue weighted by Gasteiger charge is -2.47. The van der Waals surface area contributed by atoms with E-state index in [1.807, 2.05) is 12.1 Å². The predicted octanol–water partition coefficient (Wildman–Crippen LogP) is 7.24. The third-order valence-corrected chi connectivity index (χ3v) is 9.65. The van der Waals surface area contributed by atoms with E-state index in [1.165, 1.54) is 30.4 Å². The van der Waals surface area contributed by atoms with Gasteiger partial charge in [-0.2, -0.15) is 0 Å². The molecule has 3 fully saturated rings. The minimum atomic E-state index is -0.607.